The minimum absolute atomic E-state index is 0.0550. The van der Waals surface area contributed by atoms with E-state index >= 15 is 0 Å². The molecule has 1 fully saturated rings. The van der Waals surface area contributed by atoms with Gasteiger partial charge in [-0.1, -0.05) is 18.6 Å². The smallest absolute Gasteiger partial charge is 0.243 e. The number of aryl methyl sites for hydroxylation is 1. The molecule has 1 amide bonds. The van der Waals surface area contributed by atoms with Crippen molar-refractivity contribution in [1.29, 1.82) is 0 Å². The molecule has 0 aromatic heterocycles. The Morgan fingerprint density at radius 2 is 1.55 bits per heavy atom. The van der Waals surface area contributed by atoms with Crippen molar-refractivity contribution in [2.75, 3.05) is 36.4 Å². The molecule has 0 bridgehead atoms. The van der Waals surface area contributed by atoms with Crippen molar-refractivity contribution in [2.24, 2.45) is 0 Å². The van der Waals surface area contributed by atoms with E-state index in [0.29, 0.717) is 30.8 Å². The quantitative estimate of drug-likeness (QED) is 0.628. The topological polar surface area (TPSA) is 69.7 Å². The van der Waals surface area contributed by atoms with Gasteiger partial charge < -0.3 is 10.2 Å². The molecule has 6 nitrogen and oxygen atoms in total. The van der Waals surface area contributed by atoms with Crippen LogP contribution in [-0.4, -0.2) is 44.8 Å². The average molecular weight is 444 g/mol. The van der Waals surface area contributed by atoms with Gasteiger partial charge in [-0.05, 0) is 75.1 Å². The van der Waals surface area contributed by atoms with E-state index in [1.54, 1.807) is 16.4 Å². The van der Waals surface area contributed by atoms with Crippen LogP contribution in [0.5, 0.6) is 0 Å². The largest absolute Gasteiger partial charge is 0.372 e. The number of carbonyl (C=O) groups excluding carboxylic acids is 1. The Kier molecular flexibility index (Phi) is 8.09. The van der Waals surface area contributed by atoms with Crippen molar-refractivity contribution in [3.8, 4) is 0 Å². The Hall–Kier alpha value is -2.38. The van der Waals surface area contributed by atoms with Crippen molar-refractivity contribution >= 4 is 27.3 Å². The summed E-state index contributed by atoms with van der Waals surface area (Å²) in [5, 5.41) is 2.93. The first kappa shape index (κ1) is 23.3. The molecular formula is C24H33N3O3S. The number of piperidine rings is 1. The molecular weight excluding hydrogens is 410 g/mol. The highest BCUT2D eigenvalue weighted by Crippen LogP contribution is 2.21. The summed E-state index contributed by atoms with van der Waals surface area (Å²) in [5.74, 6) is -0.0550. The number of anilines is 2. The van der Waals surface area contributed by atoms with E-state index in [1.807, 2.05) is 36.4 Å². The fraction of sp³-hybridized carbons (Fsp3) is 0.458. The lowest BCUT2D eigenvalue weighted by Gasteiger charge is -2.25. The highest BCUT2D eigenvalue weighted by atomic mass is 32.2. The lowest BCUT2D eigenvalue weighted by Crippen LogP contribution is -2.35. The second-order valence-corrected chi connectivity index (χ2v) is 9.81. The van der Waals surface area contributed by atoms with E-state index in [4.69, 9.17) is 0 Å². The zero-order chi connectivity index (χ0) is 22.3. The van der Waals surface area contributed by atoms with Gasteiger partial charge in [0.1, 0.15) is 0 Å². The van der Waals surface area contributed by atoms with Gasteiger partial charge in [-0.25, -0.2) is 8.42 Å². The molecule has 0 spiro atoms. The third-order valence-electron chi connectivity index (χ3n) is 5.80. The number of hydrogen-bond acceptors (Lipinski definition) is 4. The summed E-state index contributed by atoms with van der Waals surface area (Å²) >= 11 is 0. The number of amides is 1. The maximum absolute atomic E-state index is 12.7. The second kappa shape index (κ2) is 10.8. The minimum Gasteiger partial charge on any atom is -0.372 e. The van der Waals surface area contributed by atoms with Crippen LogP contribution in [0.4, 0.5) is 11.4 Å². The molecule has 1 N–H and O–H groups in total. The molecule has 1 heterocycles. The molecule has 1 saturated heterocycles. The van der Waals surface area contributed by atoms with Crippen LogP contribution in [0.1, 0.15) is 45.1 Å². The first-order valence-electron chi connectivity index (χ1n) is 11.2. The summed E-state index contributed by atoms with van der Waals surface area (Å²) in [7, 11) is -3.41. The molecule has 0 aliphatic carbocycles. The molecule has 2 aromatic rings. The van der Waals surface area contributed by atoms with E-state index in [-0.39, 0.29) is 5.91 Å². The Morgan fingerprint density at radius 3 is 2.13 bits per heavy atom. The molecule has 1 aliphatic rings. The lowest BCUT2D eigenvalue weighted by molar-refractivity contribution is -0.116. The van der Waals surface area contributed by atoms with Gasteiger partial charge >= 0.3 is 0 Å². The summed E-state index contributed by atoms with van der Waals surface area (Å²) in [6, 6.07) is 14.8. The first-order chi connectivity index (χ1) is 14.9. The molecule has 168 valence electrons. The number of rotatable bonds is 9. The molecule has 0 atom stereocenters. The van der Waals surface area contributed by atoms with Gasteiger partial charge in [0.25, 0.3) is 0 Å². The zero-order valence-corrected chi connectivity index (χ0v) is 19.3. The predicted octanol–water partition coefficient (Wildman–Crippen LogP) is 4.28. The highest BCUT2D eigenvalue weighted by Gasteiger charge is 2.25. The fourth-order valence-electron chi connectivity index (χ4n) is 3.91. The molecule has 0 unspecified atom stereocenters. The van der Waals surface area contributed by atoms with E-state index in [0.717, 1.165) is 49.3 Å². The summed E-state index contributed by atoms with van der Waals surface area (Å²) in [6.45, 7) is 7.32. The van der Waals surface area contributed by atoms with Crippen LogP contribution in [0.25, 0.3) is 0 Å². The number of sulfonamides is 1. The number of carbonyl (C=O) groups is 1. The number of nitrogens with zero attached hydrogens (tertiary/aromatic N) is 2. The van der Waals surface area contributed by atoms with Gasteiger partial charge in [0.05, 0.1) is 4.90 Å². The molecule has 1 aliphatic heterocycles. The summed E-state index contributed by atoms with van der Waals surface area (Å²) in [5.41, 5.74) is 2.87. The maximum atomic E-state index is 12.7. The number of hydrogen-bond donors (Lipinski definition) is 1. The number of nitrogens with one attached hydrogen (secondary N) is 1. The first-order valence-corrected chi connectivity index (χ1v) is 12.6. The van der Waals surface area contributed by atoms with Crippen molar-refractivity contribution in [3.63, 3.8) is 0 Å². The van der Waals surface area contributed by atoms with Gasteiger partial charge in [-0.2, -0.15) is 4.31 Å². The third-order valence-corrected chi connectivity index (χ3v) is 7.71. The van der Waals surface area contributed by atoms with Crippen LogP contribution in [-0.2, 0) is 21.2 Å². The monoisotopic (exact) mass is 443 g/mol. The molecule has 0 radical (unpaired) electrons. The second-order valence-electron chi connectivity index (χ2n) is 7.88. The summed E-state index contributed by atoms with van der Waals surface area (Å²) in [6.07, 6.45) is 3.84. The van der Waals surface area contributed by atoms with Crippen LogP contribution < -0.4 is 10.2 Å². The van der Waals surface area contributed by atoms with Crippen molar-refractivity contribution in [3.05, 3.63) is 54.1 Å². The normalized spacial score (nSPS) is 14.9. The Morgan fingerprint density at radius 1 is 0.935 bits per heavy atom. The van der Waals surface area contributed by atoms with E-state index in [2.05, 4.69) is 24.1 Å². The summed E-state index contributed by atoms with van der Waals surface area (Å²) < 4.78 is 27.0. The van der Waals surface area contributed by atoms with Crippen LogP contribution in [0.3, 0.4) is 0 Å². The standard InChI is InChI=1S/C24H33N3O3S/c1-3-26(4-2)22-13-11-21(12-14-22)25-24(28)17-10-20-8-15-23(16-9-20)31(29,30)27-18-6-5-7-19-27/h8-9,11-16H,3-7,10,17-19H2,1-2H3,(H,25,28). The summed E-state index contributed by atoms with van der Waals surface area (Å²) in [4.78, 5) is 14.9. The Balaban J connectivity index is 1.52. The lowest BCUT2D eigenvalue weighted by atomic mass is 10.1. The van der Waals surface area contributed by atoms with Crippen molar-refractivity contribution < 1.29 is 13.2 Å². The van der Waals surface area contributed by atoms with E-state index in [1.165, 1.54) is 0 Å². The molecule has 0 saturated carbocycles. The van der Waals surface area contributed by atoms with E-state index < -0.39 is 10.0 Å². The fourth-order valence-corrected chi connectivity index (χ4v) is 5.43. The van der Waals surface area contributed by atoms with Crippen molar-refractivity contribution in [2.45, 2.75) is 50.8 Å². The van der Waals surface area contributed by atoms with Gasteiger partial charge in [0, 0.05) is 44.0 Å². The zero-order valence-electron chi connectivity index (χ0n) is 18.5. The average Bonchev–Trinajstić information content (AvgIpc) is 2.80. The van der Waals surface area contributed by atoms with Gasteiger partial charge in [0.2, 0.25) is 15.9 Å². The molecule has 7 heteroatoms. The maximum Gasteiger partial charge on any atom is 0.243 e. The Labute approximate surface area is 186 Å². The van der Waals surface area contributed by atoms with Crippen LogP contribution >= 0.6 is 0 Å². The minimum atomic E-state index is -3.41. The SMILES string of the molecule is CCN(CC)c1ccc(NC(=O)CCc2ccc(S(=O)(=O)N3CCCCC3)cc2)cc1. The predicted molar refractivity (Wildman–Crippen MR) is 126 cm³/mol. The van der Waals surface area contributed by atoms with Crippen LogP contribution in [0.2, 0.25) is 0 Å². The van der Waals surface area contributed by atoms with Crippen molar-refractivity contribution in [1.82, 2.24) is 4.31 Å². The van der Waals surface area contributed by atoms with Gasteiger partial charge in [-0.15, -0.1) is 0 Å². The molecule has 31 heavy (non-hydrogen) atoms. The Bertz CT molecular complexity index is 947. The van der Waals surface area contributed by atoms with E-state index in [9.17, 15) is 13.2 Å². The van der Waals surface area contributed by atoms with Gasteiger partial charge in [-0.3, -0.25) is 4.79 Å². The third kappa shape index (κ3) is 6.08. The molecule has 3 rings (SSSR count). The number of benzene rings is 2. The van der Waals surface area contributed by atoms with Gasteiger partial charge in [0.15, 0.2) is 0 Å². The van der Waals surface area contributed by atoms with Crippen LogP contribution in [0, 0.1) is 0 Å². The van der Waals surface area contributed by atoms with Crippen LogP contribution in [0.15, 0.2) is 53.4 Å². The highest BCUT2D eigenvalue weighted by molar-refractivity contribution is 7.89. The molecule has 2 aromatic carbocycles.